The van der Waals surface area contributed by atoms with E-state index in [0.717, 1.165) is 18.5 Å². The first-order valence-corrected chi connectivity index (χ1v) is 11.4. The molecule has 1 N–H and O–H groups in total. The van der Waals surface area contributed by atoms with Crippen molar-refractivity contribution in [2.45, 2.75) is 32.5 Å². The van der Waals surface area contributed by atoms with E-state index in [4.69, 9.17) is 28.6 Å². The summed E-state index contributed by atoms with van der Waals surface area (Å²) in [6, 6.07) is 5.30. The summed E-state index contributed by atoms with van der Waals surface area (Å²) in [6.07, 6.45) is 1.58. The highest BCUT2D eigenvalue weighted by atomic mass is 35.5. The van der Waals surface area contributed by atoms with Crippen molar-refractivity contribution in [1.29, 1.82) is 0 Å². The number of methoxy groups -OCH3 is 1. The molecule has 148 valence electrons. The van der Waals surface area contributed by atoms with Crippen molar-refractivity contribution in [2.75, 3.05) is 25.2 Å². The molecule has 1 aromatic heterocycles. The number of nitrogens with one attached hydrogen (secondary N) is 1. The standard InChI is InChI=1S/C17H23ClN4O3S2/c1-3-7-21(13-6-8-27(23,24)10-13)11-22-17(26)19-16(20-22)14-9-12(18)4-5-15(14)25-2/h4-5,9,13H,3,6-8,10-11H2,1-2H3,(H,19,20,26). The van der Waals surface area contributed by atoms with Crippen molar-refractivity contribution in [2.24, 2.45) is 0 Å². The summed E-state index contributed by atoms with van der Waals surface area (Å²) < 4.78 is 31.3. The summed E-state index contributed by atoms with van der Waals surface area (Å²) in [5.41, 5.74) is 0.723. The predicted molar refractivity (Wildman–Crippen MR) is 108 cm³/mol. The maximum absolute atomic E-state index is 11.9. The molecule has 0 aliphatic carbocycles. The van der Waals surface area contributed by atoms with Gasteiger partial charge < -0.3 is 4.74 Å². The molecule has 3 rings (SSSR count). The van der Waals surface area contributed by atoms with E-state index in [1.54, 1.807) is 30.0 Å². The molecular formula is C17H23ClN4O3S2. The van der Waals surface area contributed by atoms with E-state index in [1.165, 1.54) is 0 Å². The van der Waals surface area contributed by atoms with Gasteiger partial charge in [0.15, 0.2) is 15.7 Å². The highest BCUT2D eigenvalue weighted by molar-refractivity contribution is 7.91. The Morgan fingerprint density at radius 3 is 2.89 bits per heavy atom. The molecule has 0 bridgehead atoms. The number of sulfone groups is 1. The van der Waals surface area contributed by atoms with Gasteiger partial charge in [0.1, 0.15) is 5.75 Å². The molecule has 2 aromatic rings. The molecule has 1 aliphatic heterocycles. The normalized spacial score (nSPS) is 18.9. The Hall–Kier alpha value is -1.42. The van der Waals surface area contributed by atoms with E-state index >= 15 is 0 Å². The second-order valence-electron chi connectivity index (χ2n) is 6.64. The van der Waals surface area contributed by atoms with E-state index in [1.807, 2.05) is 0 Å². The zero-order valence-electron chi connectivity index (χ0n) is 15.3. The van der Waals surface area contributed by atoms with Crippen molar-refractivity contribution in [3.63, 3.8) is 0 Å². The lowest BCUT2D eigenvalue weighted by molar-refractivity contribution is 0.155. The highest BCUT2D eigenvalue weighted by Gasteiger charge is 2.32. The molecule has 1 fully saturated rings. The van der Waals surface area contributed by atoms with Gasteiger partial charge >= 0.3 is 0 Å². The minimum absolute atomic E-state index is 0.00399. The first-order chi connectivity index (χ1) is 12.8. The molecule has 1 atom stereocenters. The lowest BCUT2D eigenvalue weighted by atomic mass is 10.2. The predicted octanol–water partition coefficient (Wildman–Crippen LogP) is 3.13. The van der Waals surface area contributed by atoms with Gasteiger partial charge in [-0.05, 0) is 49.8 Å². The van der Waals surface area contributed by atoms with Crippen molar-refractivity contribution >= 4 is 33.7 Å². The van der Waals surface area contributed by atoms with Gasteiger partial charge in [-0.25, -0.2) is 13.1 Å². The average Bonchev–Trinajstić information content (AvgIpc) is 3.16. The van der Waals surface area contributed by atoms with Gasteiger partial charge in [-0.1, -0.05) is 18.5 Å². The maximum atomic E-state index is 11.9. The molecule has 7 nitrogen and oxygen atoms in total. The first kappa shape index (κ1) is 20.3. The van der Waals surface area contributed by atoms with Gasteiger partial charge in [-0.15, -0.1) is 0 Å². The third-order valence-corrected chi connectivity index (χ3v) is 6.95. The molecule has 27 heavy (non-hydrogen) atoms. The molecule has 0 saturated carbocycles. The second-order valence-corrected chi connectivity index (χ2v) is 9.67. The van der Waals surface area contributed by atoms with Crippen LogP contribution in [0.15, 0.2) is 18.2 Å². The van der Waals surface area contributed by atoms with Crippen LogP contribution in [0.3, 0.4) is 0 Å². The summed E-state index contributed by atoms with van der Waals surface area (Å²) in [6.45, 7) is 3.32. The third kappa shape index (κ3) is 4.71. The Morgan fingerprint density at radius 1 is 1.48 bits per heavy atom. The fourth-order valence-electron chi connectivity index (χ4n) is 3.34. The van der Waals surface area contributed by atoms with E-state index < -0.39 is 9.84 Å². The van der Waals surface area contributed by atoms with Gasteiger partial charge in [-0.3, -0.25) is 10.00 Å². The Kier molecular flexibility index (Phi) is 6.25. The molecule has 1 aromatic carbocycles. The van der Waals surface area contributed by atoms with Gasteiger partial charge in [-0.2, -0.15) is 4.98 Å². The molecule has 2 heterocycles. The van der Waals surface area contributed by atoms with Crippen LogP contribution in [0.25, 0.3) is 11.4 Å². The van der Waals surface area contributed by atoms with Crippen molar-refractivity contribution in [1.82, 2.24) is 19.7 Å². The molecule has 10 heteroatoms. The summed E-state index contributed by atoms with van der Waals surface area (Å²) >= 11 is 11.5. The molecule has 1 unspecified atom stereocenters. The number of halogens is 1. The Bertz CT molecular complexity index is 971. The van der Waals surface area contributed by atoms with Crippen LogP contribution < -0.4 is 4.74 Å². The quantitative estimate of drug-likeness (QED) is 0.680. The number of nitrogens with zero attached hydrogens (tertiary/aromatic N) is 3. The molecular weight excluding hydrogens is 408 g/mol. The number of H-pyrrole nitrogens is 1. The number of hydrogen-bond acceptors (Lipinski definition) is 6. The van der Waals surface area contributed by atoms with Crippen LogP contribution in [0.4, 0.5) is 0 Å². The van der Waals surface area contributed by atoms with Crippen LogP contribution in [0, 0.1) is 4.77 Å². The van der Waals surface area contributed by atoms with E-state index in [-0.39, 0.29) is 17.5 Å². The minimum atomic E-state index is -2.95. The van der Waals surface area contributed by atoms with Gasteiger partial charge in [0.2, 0.25) is 4.77 Å². The average molecular weight is 431 g/mol. The summed E-state index contributed by atoms with van der Waals surface area (Å²) in [5, 5.41) is 3.78. The molecule has 0 spiro atoms. The summed E-state index contributed by atoms with van der Waals surface area (Å²) in [5.74, 6) is 1.65. The largest absolute Gasteiger partial charge is 0.496 e. The summed E-state index contributed by atoms with van der Waals surface area (Å²) in [4.78, 5) is 6.59. The van der Waals surface area contributed by atoms with Crippen LogP contribution in [-0.2, 0) is 16.5 Å². The van der Waals surface area contributed by atoms with Crippen LogP contribution in [0.2, 0.25) is 5.02 Å². The van der Waals surface area contributed by atoms with Crippen molar-refractivity contribution in [3.05, 3.63) is 28.0 Å². The lowest BCUT2D eigenvalue weighted by Crippen LogP contribution is -2.38. The van der Waals surface area contributed by atoms with Gasteiger partial charge in [0.25, 0.3) is 0 Å². The van der Waals surface area contributed by atoms with Gasteiger partial charge in [0, 0.05) is 11.1 Å². The fraction of sp³-hybridized carbons (Fsp3) is 0.529. The topological polar surface area (TPSA) is 80.2 Å². The fourth-order valence-corrected chi connectivity index (χ4v) is 5.47. The van der Waals surface area contributed by atoms with Crippen LogP contribution >= 0.6 is 23.8 Å². The lowest BCUT2D eigenvalue weighted by Gasteiger charge is -2.27. The zero-order valence-corrected chi connectivity index (χ0v) is 17.7. The number of aromatic amines is 1. The maximum Gasteiger partial charge on any atom is 0.217 e. The van der Waals surface area contributed by atoms with E-state index in [0.29, 0.717) is 34.5 Å². The molecule has 1 aliphatic rings. The van der Waals surface area contributed by atoms with Crippen molar-refractivity contribution in [3.8, 4) is 17.1 Å². The minimum Gasteiger partial charge on any atom is -0.496 e. The van der Waals surface area contributed by atoms with Gasteiger partial charge in [0.05, 0.1) is 30.8 Å². The van der Waals surface area contributed by atoms with Crippen LogP contribution in [-0.4, -0.2) is 59.3 Å². The third-order valence-electron chi connectivity index (χ3n) is 4.65. The van der Waals surface area contributed by atoms with Crippen LogP contribution in [0.1, 0.15) is 19.8 Å². The number of ether oxygens (including phenoxy) is 1. The highest BCUT2D eigenvalue weighted by Crippen LogP contribution is 2.30. The number of benzene rings is 1. The molecule has 0 radical (unpaired) electrons. The van der Waals surface area contributed by atoms with Crippen molar-refractivity contribution < 1.29 is 13.2 Å². The SMILES string of the molecule is CCCN(Cn1[nH]c(-c2cc(Cl)ccc2OC)nc1=S)C1CCS(=O)(=O)C1. The second kappa shape index (κ2) is 8.30. The van der Waals surface area contributed by atoms with Crippen LogP contribution in [0.5, 0.6) is 5.75 Å². The Labute approximate surface area is 169 Å². The number of aromatic nitrogens is 3. The summed E-state index contributed by atoms with van der Waals surface area (Å²) in [7, 11) is -1.36. The van der Waals surface area contributed by atoms with E-state index in [9.17, 15) is 8.42 Å². The zero-order chi connectivity index (χ0) is 19.6. The first-order valence-electron chi connectivity index (χ1n) is 8.78. The van der Waals surface area contributed by atoms with E-state index in [2.05, 4.69) is 21.9 Å². The molecule has 0 amide bonds. The monoisotopic (exact) mass is 430 g/mol. The molecule has 1 saturated heterocycles. The number of hydrogen-bond donors (Lipinski definition) is 1. The Morgan fingerprint density at radius 2 is 2.26 bits per heavy atom. The smallest absolute Gasteiger partial charge is 0.217 e. The number of rotatable bonds is 7. The Balaban J connectivity index is 1.88.